The molecule has 0 aliphatic heterocycles. The average molecular weight is 331 g/mol. The van der Waals surface area contributed by atoms with E-state index in [1.165, 1.54) is 12.1 Å². The van der Waals surface area contributed by atoms with Crippen LogP contribution in [0.1, 0.15) is 19.4 Å². The van der Waals surface area contributed by atoms with Crippen molar-refractivity contribution in [2.75, 3.05) is 5.32 Å². The lowest BCUT2D eigenvalue weighted by atomic mass is 9.83. The third-order valence-electron chi connectivity index (χ3n) is 3.99. The van der Waals surface area contributed by atoms with E-state index < -0.39 is 5.41 Å². The topological polar surface area (TPSA) is 44.9 Å². The van der Waals surface area contributed by atoms with Crippen LogP contribution in [-0.2, 0) is 10.2 Å². The fourth-order valence-corrected chi connectivity index (χ4v) is 2.68. The first-order valence-corrected chi connectivity index (χ1v) is 7.60. The van der Waals surface area contributed by atoms with Crippen LogP contribution in [0.4, 0.5) is 10.1 Å². The van der Waals surface area contributed by atoms with E-state index in [2.05, 4.69) is 10.3 Å². The molecule has 23 heavy (non-hydrogen) atoms. The number of carbonyl (C=O) groups is 1. The summed E-state index contributed by atoms with van der Waals surface area (Å²) in [5.41, 5.74) is 1.39. The summed E-state index contributed by atoms with van der Waals surface area (Å²) in [5, 5.41) is 4.34. The van der Waals surface area contributed by atoms with Gasteiger partial charge in [0, 0.05) is 27.8 Å². The molecule has 0 radical (unpaired) electrons. The number of halogens is 2. The number of anilines is 1. The van der Waals surface area contributed by atoms with Crippen molar-refractivity contribution in [1.82, 2.24) is 4.98 Å². The lowest BCUT2D eigenvalue weighted by Crippen LogP contribution is -2.34. The molecule has 5 heteroatoms. The van der Waals surface area contributed by atoms with E-state index in [1.807, 2.05) is 13.8 Å². The third kappa shape index (κ3) is 2.94. The SMILES string of the molecule is CC(C)(C(=O)Nc1ccc(Cl)cc1)c1c[nH]c2cc(F)ccc12. The first-order valence-electron chi connectivity index (χ1n) is 7.22. The zero-order valence-corrected chi connectivity index (χ0v) is 13.5. The Labute approximate surface area is 138 Å². The van der Waals surface area contributed by atoms with Crippen LogP contribution in [0.2, 0.25) is 5.02 Å². The molecule has 0 saturated heterocycles. The van der Waals surface area contributed by atoms with Gasteiger partial charge in [-0.15, -0.1) is 0 Å². The first-order chi connectivity index (χ1) is 10.9. The highest BCUT2D eigenvalue weighted by atomic mass is 35.5. The number of hydrogen-bond acceptors (Lipinski definition) is 1. The summed E-state index contributed by atoms with van der Waals surface area (Å²) in [6.07, 6.45) is 1.76. The Balaban J connectivity index is 1.92. The third-order valence-corrected chi connectivity index (χ3v) is 4.24. The summed E-state index contributed by atoms with van der Waals surface area (Å²) in [5.74, 6) is -0.459. The van der Waals surface area contributed by atoms with Crippen molar-refractivity contribution >= 4 is 34.1 Å². The van der Waals surface area contributed by atoms with E-state index in [-0.39, 0.29) is 11.7 Å². The van der Waals surface area contributed by atoms with Gasteiger partial charge in [0.25, 0.3) is 0 Å². The van der Waals surface area contributed by atoms with Gasteiger partial charge in [0.1, 0.15) is 5.82 Å². The minimum Gasteiger partial charge on any atom is -0.361 e. The molecule has 0 atom stereocenters. The van der Waals surface area contributed by atoms with Gasteiger partial charge >= 0.3 is 0 Å². The number of nitrogens with one attached hydrogen (secondary N) is 2. The van der Waals surface area contributed by atoms with Crippen molar-refractivity contribution in [3.05, 3.63) is 65.1 Å². The quantitative estimate of drug-likeness (QED) is 0.706. The molecule has 0 aliphatic rings. The standard InChI is InChI=1S/C18H16ClFN2O/c1-18(2,17(23)22-13-6-3-11(19)4-7-13)15-10-21-16-9-12(20)5-8-14(15)16/h3-10,21H,1-2H3,(H,22,23). The Hall–Kier alpha value is -2.33. The molecule has 2 aromatic carbocycles. The van der Waals surface area contributed by atoms with Gasteiger partial charge in [0.15, 0.2) is 0 Å². The zero-order chi connectivity index (χ0) is 16.6. The molecule has 118 valence electrons. The van der Waals surface area contributed by atoms with Crippen LogP contribution < -0.4 is 5.32 Å². The summed E-state index contributed by atoms with van der Waals surface area (Å²) in [4.78, 5) is 15.7. The molecule has 0 saturated carbocycles. The van der Waals surface area contributed by atoms with Crippen LogP contribution in [0.25, 0.3) is 10.9 Å². The fraction of sp³-hybridized carbons (Fsp3) is 0.167. The fourth-order valence-electron chi connectivity index (χ4n) is 2.56. The molecule has 3 nitrogen and oxygen atoms in total. The molecule has 0 bridgehead atoms. The number of aromatic amines is 1. The van der Waals surface area contributed by atoms with Crippen LogP contribution in [0.5, 0.6) is 0 Å². The average Bonchev–Trinajstić information content (AvgIpc) is 2.93. The highest BCUT2D eigenvalue weighted by molar-refractivity contribution is 6.30. The molecule has 3 aromatic rings. The van der Waals surface area contributed by atoms with Crippen molar-refractivity contribution < 1.29 is 9.18 Å². The predicted octanol–water partition coefficient (Wildman–Crippen LogP) is 4.88. The molecule has 1 aromatic heterocycles. The van der Waals surface area contributed by atoms with Gasteiger partial charge in [-0.1, -0.05) is 11.6 Å². The summed E-state index contributed by atoms with van der Waals surface area (Å²) >= 11 is 5.85. The molecule has 0 unspecified atom stereocenters. The van der Waals surface area contributed by atoms with Gasteiger partial charge in [0.05, 0.1) is 5.41 Å². The maximum atomic E-state index is 13.3. The first kappa shape index (κ1) is 15.6. The molecule has 2 N–H and O–H groups in total. The normalized spacial score (nSPS) is 11.7. The monoisotopic (exact) mass is 330 g/mol. The molecular formula is C18H16ClFN2O. The summed E-state index contributed by atoms with van der Waals surface area (Å²) in [6.45, 7) is 3.68. The smallest absolute Gasteiger partial charge is 0.234 e. The van der Waals surface area contributed by atoms with Gasteiger partial charge in [0.2, 0.25) is 5.91 Å². The van der Waals surface area contributed by atoms with E-state index >= 15 is 0 Å². The maximum absolute atomic E-state index is 13.3. The molecule has 0 aliphatic carbocycles. The number of benzene rings is 2. The minimum absolute atomic E-state index is 0.148. The highest BCUT2D eigenvalue weighted by Crippen LogP contribution is 2.32. The van der Waals surface area contributed by atoms with Gasteiger partial charge < -0.3 is 10.3 Å². The Morgan fingerprint density at radius 2 is 1.87 bits per heavy atom. The Morgan fingerprint density at radius 3 is 2.57 bits per heavy atom. The number of amides is 1. The second-order valence-corrected chi connectivity index (χ2v) is 6.41. The van der Waals surface area contributed by atoms with Crippen molar-refractivity contribution in [3.8, 4) is 0 Å². The lowest BCUT2D eigenvalue weighted by Gasteiger charge is -2.23. The number of fused-ring (bicyclic) bond motifs is 1. The lowest BCUT2D eigenvalue weighted by molar-refractivity contribution is -0.120. The van der Waals surface area contributed by atoms with Gasteiger partial charge in [-0.05, 0) is 61.9 Å². The molecule has 0 fully saturated rings. The van der Waals surface area contributed by atoms with Crippen molar-refractivity contribution in [2.45, 2.75) is 19.3 Å². The van der Waals surface area contributed by atoms with Crippen LogP contribution >= 0.6 is 11.6 Å². The van der Waals surface area contributed by atoms with E-state index in [0.717, 1.165) is 10.9 Å². The van der Waals surface area contributed by atoms with E-state index in [4.69, 9.17) is 11.6 Å². The predicted molar refractivity (Wildman–Crippen MR) is 91.4 cm³/mol. The molecule has 1 heterocycles. The Bertz CT molecular complexity index is 868. The number of aromatic nitrogens is 1. The summed E-state index contributed by atoms with van der Waals surface area (Å²) < 4.78 is 13.3. The van der Waals surface area contributed by atoms with E-state index in [0.29, 0.717) is 16.2 Å². The van der Waals surface area contributed by atoms with Gasteiger partial charge in [-0.3, -0.25) is 4.79 Å². The molecular weight excluding hydrogens is 315 g/mol. The molecule has 3 rings (SSSR count). The summed E-state index contributed by atoms with van der Waals surface area (Å²) in [7, 11) is 0. The number of hydrogen-bond donors (Lipinski definition) is 2. The van der Waals surface area contributed by atoms with Gasteiger partial charge in [-0.25, -0.2) is 4.39 Å². The molecule has 1 amide bonds. The zero-order valence-electron chi connectivity index (χ0n) is 12.8. The Morgan fingerprint density at radius 1 is 1.17 bits per heavy atom. The van der Waals surface area contributed by atoms with Crippen LogP contribution in [0, 0.1) is 5.82 Å². The van der Waals surface area contributed by atoms with Crippen LogP contribution in [0.15, 0.2) is 48.7 Å². The van der Waals surface area contributed by atoms with Crippen molar-refractivity contribution in [1.29, 1.82) is 0 Å². The maximum Gasteiger partial charge on any atom is 0.234 e. The van der Waals surface area contributed by atoms with Crippen LogP contribution in [-0.4, -0.2) is 10.9 Å². The Kier molecular flexibility index (Phi) is 3.86. The van der Waals surface area contributed by atoms with E-state index in [1.54, 1.807) is 36.5 Å². The van der Waals surface area contributed by atoms with Crippen molar-refractivity contribution in [2.24, 2.45) is 0 Å². The number of carbonyl (C=O) groups excluding carboxylic acids is 1. The highest BCUT2D eigenvalue weighted by Gasteiger charge is 2.32. The van der Waals surface area contributed by atoms with E-state index in [9.17, 15) is 9.18 Å². The number of rotatable bonds is 3. The van der Waals surface area contributed by atoms with Gasteiger partial charge in [-0.2, -0.15) is 0 Å². The second kappa shape index (κ2) is 5.70. The van der Waals surface area contributed by atoms with Crippen molar-refractivity contribution in [3.63, 3.8) is 0 Å². The minimum atomic E-state index is -0.782. The second-order valence-electron chi connectivity index (χ2n) is 5.98. The molecule has 0 spiro atoms. The number of H-pyrrole nitrogens is 1. The van der Waals surface area contributed by atoms with Crippen LogP contribution in [0.3, 0.4) is 0 Å². The largest absolute Gasteiger partial charge is 0.361 e. The summed E-state index contributed by atoms with van der Waals surface area (Å²) in [6, 6.07) is 11.5.